The second kappa shape index (κ2) is 49.3. The van der Waals surface area contributed by atoms with E-state index < -0.39 is 12.1 Å². The van der Waals surface area contributed by atoms with Crippen LogP contribution < -0.4 is 5.32 Å². The molecule has 0 spiro atoms. The first-order valence-electron chi connectivity index (χ1n) is 26.5. The highest BCUT2D eigenvalue weighted by molar-refractivity contribution is 5.76. The first-order valence-corrected chi connectivity index (χ1v) is 26.5. The highest BCUT2D eigenvalue weighted by atomic mass is 16.5. The lowest BCUT2D eigenvalue weighted by Crippen LogP contribution is -2.45. The summed E-state index contributed by atoms with van der Waals surface area (Å²) in [6.45, 7) is 4.88. The van der Waals surface area contributed by atoms with E-state index in [1.165, 1.54) is 225 Å². The monoisotopic (exact) mass is 834 g/mol. The summed E-state index contributed by atoms with van der Waals surface area (Å²) in [6, 6.07) is -0.627. The molecule has 0 aromatic heterocycles. The van der Waals surface area contributed by atoms with Gasteiger partial charge in [0.15, 0.2) is 0 Å². The topological polar surface area (TPSA) is 95.9 Å². The number of hydrogen-bond donors (Lipinski definition) is 3. The van der Waals surface area contributed by atoms with Gasteiger partial charge in [-0.2, -0.15) is 0 Å². The number of allylic oxidation sites excluding steroid dienone is 1. The summed E-state index contributed by atoms with van der Waals surface area (Å²) in [6.07, 6.45) is 56.5. The number of amides is 1. The van der Waals surface area contributed by atoms with Crippen molar-refractivity contribution in [3.63, 3.8) is 0 Å². The van der Waals surface area contributed by atoms with Crippen LogP contribution in [0.5, 0.6) is 0 Å². The third-order valence-electron chi connectivity index (χ3n) is 12.3. The van der Waals surface area contributed by atoms with E-state index in [2.05, 4.69) is 19.2 Å². The van der Waals surface area contributed by atoms with E-state index in [1.807, 2.05) is 6.08 Å². The second-order valence-electron chi connectivity index (χ2n) is 18.2. The van der Waals surface area contributed by atoms with Gasteiger partial charge in [0, 0.05) is 12.8 Å². The molecule has 3 N–H and O–H groups in total. The molecular weight excluding hydrogens is 731 g/mol. The van der Waals surface area contributed by atoms with Crippen molar-refractivity contribution in [1.29, 1.82) is 0 Å². The number of carbonyl (C=O) groups is 2. The maximum Gasteiger partial charge on any atom is 0.305 e. The predicted molar refractivity (Wildman–Crippen MR) is 255 cm³/mol. The van der Waals surface area contributed by atoms with Gasteiger partial charge in [-0.25, -0.2) is 0 Å². The number of hydrogen-bond acceptors (Lipinski definition) is 5. The third-order valence-corrected chi connectivity index (χ3v) is 12.3. The SMILES string of the molecule is CCCCCCCCC/C=C/C(O)C(CO)NC(=O)CCCCCCCCCCCCCCCCCCCCOC(=O)CCCCCCCCCCCCCCCCC. The summed E-state index contributed by atoms with van der Waals surface area (Å²) in [5, 5.41) is 22.9. The smallest absolute Gasteiger partial charge is 0.305 e. The maximum atomic E-state index is 12.4. The fraction of sp³-hybridized carbons (Fsp3) is 0.925. The molecule has 0 fully saturated rings. The molecule has 0 rings (SSSR count). The first-order chi connectivity index (χ1) is 29.0. The molecule has 0 aliphatic carbocycles. The molecule has 1 amide bonds. The largest absolute Gasteiger partial charge is 0.466 e. The van der Waals surface area contributed by atoms with Crippen LogP contribution in [0, 0.1) is 0 Å². The minimum atomic E-state index is -0.843. The van der Waals surface area contributed by atoms with Crippen molar-refractivity contribution >= 4 is 11.9 Å². The van der Waals surface area contributed by atoms with E-state index in [1.54, 1.807) is 6.08 Å². The van der Waals surface area contributed by atoms with Crippen LogP contribution in [0.1, 0.15) is 290 Å². The summed E-state index contributed by atoms with van der Waals surface area (Å²) in [7, 11) is 0. The van der Waals surface area contributed by atoms with E-state index in [0.29, 0.717) is 19.4 Å². The maximum absolute atomic E-state index is 12.4. The van der Waals surface area contributed by atoms with Crippen molar-refractivity contribution in [3.05, 3.63) is 12.2 Å². The highest BCUT2D eigenvalue weighted by Gasteiger charge is 2.18. The van der Waals surface area contributed by atoms with Gasteiger partial charge in [0.25, 0.3) is 0 Å². The summed E-state index contributed by atoms with van der Waals surface area (Å²) >= 11 is 0. The summed E-state index contributed by atoms with van der Waals surface area (Å²) < 4.78 is 5.48. The van der Waals surface area contributed by atoms with E-state index in [4.69, 9.17) is 4.74 Å². The van der Waals surface area contributed by atoms with E-state index in [9.17, 15) is 19.8 Å². The fourth-order valence-corrected chi connectivity index (χ4v) is 8.22. The molecule has 0 aliphatic heterocycles. The number of nitrogens with one attached hydrogen (secondary N) is 1. The van der Waals surface area contributed by atoms with Crippen LogP contribution in [-0.4, -0.2) is 47.4 Å². The third kappa shape index (κ3) is 45.9. The average molecular weight is 834 g/mol. The van der Waals surface area contributed by atoms with Crippen molar-refractivity contribution in [3.8, 4) is 0 Å². The number of ether oxygens (including phenoxy) is 1. The minimum Gasteiger partial charge on any atom is -0.466 e. The van der Waals surface area contributed by atoms with Gasteiger partial charge in [-0.05, 0) is 32.1 Å². The zero-order valence-corrected chi connectivity index (χ0v) is 39.7. The molecule has 6 heteroatoms. The van der Waals surface area contributed by atoms with Crippen molar-refractivity contribution in [2.24, 2.45) is 0 Å². The Hall–Kier alpha value is -1.40. The Bertz CT molecular complexity index is 878. The molecule has 0 radical (unpaired) electrons. The van der Waals surface area contributed by atoms with Crippen molar-refractivity contribution < 1.29 is 24.5 Å². The molecule has 59 heavy (non-hydrogen) atoms. The van der Waals surface area contributed by atoms with Gasteiger partial charge in [0.2, 0.25) is 5.91 Å². The molecule has 0 heterocycles. The average Bonchev–Trinajstić information content (AvgIpc) is 3.24. The summed E-state index contributed by atoms with van der Waals surface area (Å²) in [5.41, 5.74) is 0. The van der Waals surface area contributed by atoms with Gasteiger partial charge in [-0.1, -0.05) is 257 Å². The van der Waals surface area contributed by atoms with Gasteiger partial charge >= 0.3 is 5.97 Å². The Labute approximate surface area is 368 Å². The zero-order chi connectivity index (χ0) is 43.0. The van der Waals surface area contributed by atoms with Crippen LogP contribution >= 0.6 is 0 Å². The van der Waals surface area contributed by atoms with Crippen LogP contribution in [0.4, 0.5) is 0 Å². The summed E-state index contributed by atoms with van der Waals surface area (Å²) in [5.74, 6) is -0.0648. The quantitative estimate of drug-likeness (QED) is 0.0322. The number of aliphatic hydroxyl groups excluding tert-OH is 2. The Morgan fingerprint density at radius 1 is 0.458 bits per heavy atom. The zero-order valence-electron chi connectivity index (χ0n) is 39.7. The molecule has 0 saturated carbocycles. The molecule has 350 valence electrons. The molecule has 2 atom stereocenters. The number of esters is 1. The minimum absolute atomic E-state index is 0.00919. The molecular formula is C53H103NO5. The number of carbonyl (C=O) groups excluding carboxylic acids is 2. The molecule has 0 bridgehead atoms. The summed E-state index contributed by atoms with van der Waals surface area (Å²) in [4.78, 5) is 24.4. The van der Waals surface area contributed by atoms with E-state index >= 15 is 0 Å². The molecule has 6 nitrogen and oxygen atoms in total. The number of rotatable bonds is 49. The number of unbranched alkanes of at least 4 members (excludes halogenated alkanes) is 38. The molecule has 0 aliphatic rings. The van der Waals surface area contributed by atoms with Crippen molar-refractivity contribution in [2.45, 2.75) is 302 Å². The highest BCUT2D eigenvalue weighted by Crippen LogP contribution is 2.17. The van der Waals surface area contributed by atoms with Crippen molar-refractivity contribution in [1.82, 2.24) is 5.32 Å². The lowest BCUT2D eigenvalue weighted by Gasteiger charge is -2.20. The van der Waals surface area contributed by atoms with Crippen molar-refractivity contribution in [2.75, 3.05) is 13.2 Å². The normalized spacial score (nSPS) is 12.7. The van der Waals surface area contributed by atoms with Gasteiger partial charge in [-0.3, -0.25) is 9.59 Å². The lowest BCUT2D eigenvalue weighted by atomic mass is 10.0. The first kappa shape index (κ1) is 57.6. The van der Waals surface area contributed by atoms with Crippen LogP contribution in [0.25, 0.3) is 0 Å². The molecule has 0 aromatic rings. The van der Waals surface area contributed by atoms with Gasteiger partial charge in [-0.15, -0.1) is 0 Å². The fourth-order valence-electron chi connectivity index (χ4n) is 8.22. The Kier molecular flexibility index (Phi) is 48.1. The Morgan fingerprint density at radius 2 is 0.780 bits per heavy atom. The molecule has 2 unspecified atom stereocenters. The van der Waals surface area contributed by atoms with Gasteiger partial charge in [0.1, 0.15) is 0 Å². The molecule has 0 aromatic carbocycles. The molecule has 0 saturated heterocycles. The lowest BCUT2D eigenvalue weighted by molar-refractivity contribution is -0.143. The Balaban J connectivity index is 3.38. The number of aliphatic hydroxyl groups is 2. The van der Waals surface area contributed by atoms with E-state index in [-0.39, 0.29) is 18.5 Å². The van der Waals surface area contributed by atoms with Crippen LogP contribution in [-0.2, 0) is 14.3 Å². The standard InChI is InChI=1S/C53H103NO5/c1-3-5-7-9-11-13-14-15-20-24-27-31-35-39-43-47-53(58)59-48-44-40-36-32-28-25-22-19-17-16-18-21-23-26-30-34-38-42-46-52(57)54-50(49-55)51(56)45-41-37-33-29-12-10-8-6-4-2/h41,45,50-51,55-56H,3-40,42-44,46-49H2,1-2H3,(H,54,57)/b45-41+. The second-order valence-corrected chi connectivity index (χ2v) is 18.2. The Morgan fingerprint density at radius 3 is 1.15 bits per heavy atom. The predicted octanol–water partition coefficient (Wildman–Crippen LogP) is 15.7. The van der Waals surface area contributed by atoms with Gasteiger partial charge in [0.05, 0.1) is 25.4 Å². The van der Waals surface area contributed by atoms with Gasteiger partial charge < -0.3 is 20.3 Å². The van der Waals surface area contributed by atoms with Crippen LogP contribution in [0.2, 0.25) is 0 Å². The van der Waals surface area contributed by atoms with Crippen LogP contribution in [0.3, 0.4) is 0 Å². The van der Waals surface area contributed by atoms with Crippen LogP contribution in [0.15, 0.2) is 12.2 Å². The van der Waals surface area contributed by atoms with E-state index in [0.717, 1.165) is 38.5 Å².